The highest BCUT2D eigenvalue weighted by molar-refractivity contribution is 5.86. The molecule has 6 nitrogen and oxygen atoms in total. The molecule has 2 atom stereocenters. The van der Waals surface area contributed by atoms with Crippen molar-refractivity contribution >= 4 is 11.9 Å². The molecule has 1 fully saturated rings. The van der Waals surface area contributed by atoms with E-state index in [9.17, 15) is 9.59 Å². The van der Waals surface area contributed by atoms with E-state index in [1.165, 1.54) is 4.90 Å². The van der Waals surface area contributed by atoms with E-state index in [-0.39, 0.29) is 25.0 Å². The monoisotopic (exact) mass is 231 g/mol. The van der Waals surface area contributed by atoms with Crippen LogP contribution in [0.25, 0.3) is 0 Å². The number of likely N-dealkylation sites (tertiary alicyclic amines) is 1. The molecule has 0 aliphatic carbocycles. The molecule has 16 heavy (non-hydrogen) atoms. The summed E-state index contributed by atoms with van der Waals surface area (Å²) >= 11 is 0. The van der Waals surface area contributed by atoms with E-state index in [1.54, 1.807) is 14.2 Å². The highest BCUT2D eigenvalue weighted by Crippen LogP contribution is 2.18. The van der Waals surface area contributed by atoms with Gasteiger partial charge in [0.25, 0.3) is 0 Å². The van der Waals surface area contributed by atoms with Crippen molar-refractivity contribution in [3.8, 4) is 0 Å². The van der Waals surface area contributed by atoms with Gasteiger partial charge in [-0.1, -0.05) is 0 Å². The minimum absolute atomic E-state index is 0.0821. The Morgan fingerprint density at radius 3 is 2.75 bits per heavy atom. The predicted molar refractivity (Wildman–Crippen MR) is 55.0 cm³/mol. The number of carbonyl (C=O) groups excluding carboxylic acids is 1. The fourth-order valence-corrected chi connectivity index (χ4v) is 1.74. The molecule has 1 N–H and O–H groups in total. The minimum Gasteiger partial charge on any atom is -0.481 e. The summed E-state index contributed by atoms with van der Waals surface area (Å²) in [5, 5.41) is 8.81. The number of nitrogens with zero attached hydrogens (tertiary/aromatic N) is 1. The summed E-state index contributed by atoms with van der Waals surface area (Å²) < 4.78 is 10.1. The summed E-state index contributed by atoms with van der Waals surface area (Å²) in [6.07, 6.45) is -0.125. The molecule has 0 saturated carbocycles. The lowest BCUT2D eigenvalue weighted by Gasteiger charge is -2.22. The van der Waals surface area contributed by atoms with E-state index in [0.29, 0.717) is 13.2 Å². The SMILES string of the molecule is COCC(CN1CC(C(=O)O)CC1=O)OC. The van der Waals surface area contributed by atoms with Gasteiger partial charge in [0.2, 0.25) is 5.91 Å². The van der Waals surface area contributed by atoms with Gasteiger partial charge in [-0.15, -0.1) is 0 Å². The molecule has 0 aromatic carbocycles. The van der Waals surface area contributed by atoms with Crippen molar-refractivity contribution < 1.29 is 24.2 Å². The Kier molecular flexibility index (Phi) is 4.70. The number of hydrogen-bond donors (Lipinski definition) is 1. The number of hydrogen-bond acceptors (Lipinski definition) is 4. The maximum Gasteiger partial charge on any atom is 0.308 e. The number of rotatable bonds is 6. The number of carboxylic acid groups (broad SMARTS) is 1. The van der Waals surface area contributed by atoms with Gasteiger partial charge in [-0.05, 0) is 0 Å². The van der Waals surface area contributed by atoms with Crippen LogP contribution in [0.1, 0.15) is 6.42 Å². The van der Waals surface area contributed by atoms with Gasteiger partial charge in [0.15, 0.2) is 0 Å². The molecular formula is C10H17NO5. The van der Waals surface area contributed by atoms with Crippen LogP contribution in [0.5, 0.6) is 0 Å². The zero-order chi connectivity index (χ0) is 12.1. The molecule has 1 amide bonds. The van der Waals surface area contributed by atoms with E-state index >= 15 is 0 Å². The van der Waals surface area contributed by atoms with Crippen LogP contribution >= 0.6 is 0 Å². The molecule has 1 heterocycles. The van der Waals surface area contributed by atoms with Crippen molar-refractivity contribution in [2.75, 3.05) is 33.9 Å². The summed E-state index contributed by atoms with van der Waals surface area (Å²) in [6, 6.07) is 0. The fraction of sp³-hybridized carbons (Fsp3) is 0.800. The van der Waals surface area contributed by atoms with Crippen LogP contribution in [0.15, 0.2) is 0 Å². The van der Waals surface area contributed by atoms with Crippen molar-refractivity contribution in [2.45, 2.75) is 12.5 Å². The van der Waals surface area contributed by atoms with Crippen molar-refractivity contribution in [3.05, 3.63) is 0 Å². The van der Waals surface area contributed by atoms with E-state index in [0.717, 1.165) is 0 Å². The minimum atomic E-state index is -0.920. The first kappa shape index (κ1) is 12.9. The number of carboxylic acids is 1. The normalized spacial score (nSPS) is 22.5. The molecule has 1 aliphatic heterocycles. The zero-order valence-electron chi connectivity index (χ0n) is 9.51. The number of methoxy groups -OCH3 is 2. The molecule has 0 aromatic heterocycles. The molecular weight excluding hydrogens is 214 g/mol. The van der Waals surface area contributed by atoms with Gasteiger partial charge in [-0.3, -0.25) is 9.59 Å². The molecule has 0 bridgehead atoms. The number of aliphatic carboxylic acids is 1. The number of amides is 1. The molecule has 1 rings (SSSR count). The Labute approximate surface area is 94.1 Å². The van der Waals surface area contributed by atoms with Crippen LogP contribution < -0.4 is 0 Å². The predicted octanol–water partition coefficient (Wildman–Crippen LogP) is -0.419. The summed E-state index contributed by atoms with van der Waals surface area (Å²) in [6.45, 7) is 1.03. The first-order valence-corrected chi connectivity index (χ1v) is 5.10. The smallest absolute Gasteiger partial charge is 0.308 e. The molecule has 2 unspecified atom stereocenters. The Balaban J connectivity index is 2.48. The van der Waals surface area contributed by atoms with Crippen LogP contribution in [-0.4, -0.2) is 61.9 Å². The second-order valence-corrected chi connectivity index (χ2v) is 3.85. The van der Waals surface area contributed by atoms with Gasteiger partial charge in [0.1, 0.15) is 0 Å². The molecule has 1 aliphatic rings. The van der Waals surface area contributed by atoms with Gasteiger partial charge < -0.3 is 19.5 Å². The largest absolute Gasteiger partial charge is 0.481 e. The molecule has 1 saturated heterocycles. The first-order valence-electron chi connectivity index (χ1n) is 5.10. The van der Waals surface area contributed by atoms with Crippen molar-refractivity contribution in [2.24, 2.45) is 5.92 Å². The Morgan fingerprint density at radius 2 is 2.31 bits per heavy atom. The quantitative estimate of drug-likeness (QED) is 0.672. The third kappa shape index (κ3) is 3.18. The maximum absolute atomic E-state index is 11.5. The summed E-state index contributed by atoms with van der Waals surface area (Å²) in [5.41, 5.74) is 0. The number of carbonyl (C=O) groups is 2. The third-order valence-corrected chi connectivity index (χ3v) is 2.67. The first-order chi connectivity index (χ1) is 7.58. The summed E-state index contributed by atoms with van der Waals surface area (Å²) in [7, 11) is 3.09. The van der Waals surface area contributed by atoms with Crippen LogP contribution in [-0.2, 0) is 19.1 Å². The fourth-order valence-electron chi connectivity index (χ4n) is 1.74. The van der Waals surface area contributed by atoms with Gasteiger partial charge in [0.05, 0.1) is 18.6 Å². The van der Waals surface area contributed by atoms with Crippen LogP contribution in [0, 0.1) is 5.92 Å². The lowest BCUT2D eigenvalue weighted by Crippen LogP contribution is -2.37. The van der Waals surface area contributed by atoms with Gasteiger partial charge in [-0.25, -0.2) is 0 Å². The Hall–Kier alpha value is -1.14. The maximum atomic E-state index is 11.5. The standard InChI is InChI=1S/C10H17NO5/c1-15-6-8(16-2)5-11-4-7(10(13)14)3-9(11)12/h7-8H,3-6H2,1-2H3,(H,13,14). The average Bonchev–Trinajstić information content (AvgIpc) is 2.60. The van der Waals surface area contributed by atoms with Gasteiger partial charge >= 0.3 is 5.97 Å². The topological polar surface area (TPSA) is 76.1 Å². The van der Waals surface area contributed by atoms with Crippen molar-refractivity contribution in [1.29, 1.82) is 0 Å². The Morgan fingerprint density at radius 1 is 1.62 bits per heavy atom. The van der Waals surface area contributed by atoms with E-state index < -0.39 is 11.9 Å². The molecule has 0 aromatic rings. The summed E-state index contributed by atoms with van der Waals surface area (Å²) in [5.74, 6) is -1.64. The van der Waals surface area contributed by atoms with Crippen LogP contribution in [0.4, 0.5) is 0 Å². The lowest BCUT2D eigenvalue weighted by molar-refractivity contribution is -0.141. The molecule has 92 valence electrons. The summed E-state index contributed by atoms with van der Waals surface area (Å²) in [4.78, 5) is 23.8. The second-order valence-electron chi connectivity index (χ2n) is 3.85. The van der Waals surface area contributed by atoms with Gasteiger partial charge in [-0.2, -0.15) is 0 Å². The van der Waals surface area contributed by atoms with Gasteiger partial charge in [0, 0.05) is 33.7 Å². The van der Waals surface area contributed by atoms with Crippen molar-refractivity contribution in [3.63, 3.8) is 0 Å². The highest BCUT2D eigenvalue weighted by Gasteiger charge is 2.35. The number of ether oxygens (including phenoxy) is 2. The van der Waals surface area contributed by atoms with Crippen molar-refractivity contribution in [1.82, 2.24) is 4.90 Å². The van der Waals surface area contributed by atoms with E-state index in [1.807, 2.05) is 0 Å². The molecule has 0 radical (unpaired) electrons. The van der Waals surface area contributed by atoms with E-state index in [4.69, 9.17) is 14.6 Å². The van der Waals surface area contributed by atoms with E-state index in [2.05, 4.69) is 0 Å². The zero-order valence-corrected chi connectivity index (χ0v) is 9.51. The third-order valence-electron chi connectivity index (χ3n) is 2.67. The molecule has 6 heteroatoms. The highest BCUT2D eigenvalue weighted by atomic mass is 16.5. The lowest BCUT2D eigenvalue weighted by atomic mass is 10.1. The van der Waals surface area contributed by atoms with Crippen LogP contribution in [0.3, 0.4) is 0 Å². The van der Waals surface area contributed by atoms with Crippen LogP contribution in [0.2, 0.25) is 0 Å². The second kappa shape index (κ2) is 5.81. The average molecular weight is 231 g/mol. The molecule has 0 spiro atoms. The Bertz CT molecular complexity index is 268.